The molecule has 50 heavy (non-hydrogen) atoms. The number of benzene rings is 7. The van der Waals surface area contributed by atoms with Crippen LogP contribution in [0.1, 0.15) is 18.4 Å². The van der Waals surface area contributed by atoms with Crippen LogP contribution in [-0.4, -0.2) is 15.0 Å². The molecule has 0 atom stereocenters. The van der Waals surface area contributed by atoms with Gasteiger partial charge in [-0.15, -0.1) is 0 Å². The van der Waals surface area contributed by atoms with E-state index < -0.39 is 0 Å². The Morgan fingerprint density at radius 1 is 0.360 bits per heavy atom. The van der Waals surface area contributed by atoms with Gasteiger partial charge in [0.15, 0.2) is 17.5 Å². The predicted octanol–water partition coefficient (Wildman–Crippen LogP) is 12.2. The van der Waals surface area contributed by atoms with Crippen LogP contribution in [0, 0.1) is 0 Å². The first kappa shape index (κ1) is 29.7. The van der Waals surface area contributed by atoms with Gasteiger partial charge in [-0.3, -0.25) is 0 Å². The Balaban J connectivity index is 1.23. The van der Waals surface area contributed by atoms with Crippen molar-refractivity contribution in [2.75, 3.05) is 0 Å². The zero-order valence-corrected chi connectivity index (χ0v) is 27.5. The zero-order chi connectivity index (χ0) is 33.3. The molecule has 0 saturated heterocycles. The van der Waals surface area contributed by atoms with E-state index in [-0.39, 0.29) is 0 Å². The van der Waals surface area contributed by atoms with Crippen LogP contribution in [0.2, 0.25) is 0 Å². The van der Waals surface area contributed by atoms with Crippen LogP contribution in [-0.2, 0) is 0 Å². The quantitative estimate of drug-likeness (QED) is 0.170. The van der Waals surface area contributed by atoms with Crippen LogP contribution in [0.3, 0.4) is 0 Å². The van der Waals surface area contributed by atoms with E-state index in [0.29, 0.717) is 17.5 Å². The number of hydrogen-bond acceptors (Lipinski definition) is 3. The van der Waals surface area contributed by atoms with Gasteiger partial charge in [-0.25, -0.2) is 15.0 Å². The Labute approximate surface area is 292 Å². The first-order valence-electron chi connectivity index (χ1n) is 17.2. The molecule has 1 aliphatic rings. The van der Waals surface area contributed by atoms with Gasteiger partial charge in [-0.2, -0.15) is 0 Å². The van der Waals surface area contributed by atoms with Crippen molar-refractivity contribution in [3.63, 3.8) is 0 Å². The van der Waals surface area contributed by atoms with Crippen molar-refractivity contribution in [1.29, 1.82) is 0 Å². The van der Waals surface area contributed by atoms with E-state index in [2.05, 4.69) is 158 Å². The van der Waals surface area contributed by atoms with Gasteiger partial charge in [0.2, 0.25) is 0 Å². The topological polar surface area (TPSA) is 38.7 Å². The molecule has 1 heterocycles. The van der Waals surface area contributed by atoms with Crippen LogP contribution >= 0.6 is 0 Å². The maximum absolute atomic E-state index is 5.14. The zero-order valence-electron chi connectivity index (χ0n) is 27.5. The summed E-state index contributed by atoms with van der Waals surface area (Å²) in [4.78, 5) is 15.3. The molecular formula is C47H33N3. The highest BCUT2D eigenvalue weighted by Crippen LogP contribution is 2.44. The summed E-state index contributed by atoms with van der Waals surface area (Å²) in [6.45, 7) is 0. The van der Waals surface area contributed by atoms with Gasteiger partial charge in [-0.05, 0) is 79.9 Å². The minimum Gasteiger partial charge on any atom is -0.208 e. The van der Waals surface area contributed by atoms with E-state index in [1.807, 2.05) is 18.2 Å². The number of allylic oxidation sites excluding steroid dienone is 4. The molecule has 0 fully saturated rings. The summed E-state index contributed by atoms with van der Waals surface area (Å²) >= 11 is 0. The van der Waals surface area contributed by atoms with Gasteiger partial charge in [0, 0.05) is 16.7 Å². The van der Waals surface area contributed by atoms with Crippen molar-refractivity contribution in [1.82, 2.24) is 15.0 Å². The molecule has 1 aliphatic carbocycles. The molecule has 3 heteroatoms. The van der Waals surface area contributed by atoms with Gasteiger partial charge >= 0.3 is 0 Å². The third kappa shape index (κ3) is 5.49. The van der Waals surface area contributed by atoms with Crippen LogP contribution in [0.4, 0.5) is 0 Å². The second-order valence-electron chi connectivity index (χ2n) is 12.7. The first-order chi connectivity index (χ1) is 24.8. The molecule has 0 bridgehead atoms. The molecule has 0 unspecified atom stereocenters. The lowest BCUT2D eigenvalue weighted by atomic mass is 9.86. The Morgan fingerprint density at radius 3 is 1.32 bits per heavy atom. The highest BCUT2D eigenvalue weighted by molar-refractivity contribution is 6.21. The van der Waals surface area contributed by atoms with Crippen LogP contribution in [0.5, 0.6) is 0 Å². The molecule has 0 N–H and O–H groups in total. The molecule has 0 radical (unpaired) electrons. The number of aromatic nitrogens is 3. The largest absolute Gasteiger partial charge is 0.208 e. The Bertz CT molecular complexity index is 2530. The van der Waals surface area contributed by atoms with E-state index >= 15 is 0 Å². The Kier molecular flexibility index (Phi) is 7.64. The normalized spacial score (nSPS) is 12.7. The van der Waals surface area contributed by atoms with Crippen LogP contribution in [0.15, 0.2) is 176 Å². The fraction of sp³-hybridized carbons (Fsp3) is 0.0426. The van der Waals surface area contributed by atoms with Gasteiger partial charge in [0.1, 0.15) is 0 Å². The molecule has 0 saturated carbocycles. The fourth-order valence-electron chi connectivity index (χ4n) is 7.22. The van der Waals surface area contributed by atoms with Gasteiger partial charge in [0.25, 0.3) is 0 Å². The van der Waals surface area contributed by atoms with Crippen LogP contribution < -0.4 is 0 Å². The first-order valence-corrected chi connectivity index (χ1v) is 17.2. The predicted molar refractivity (Wildman–Crippen MR) is 208 cm³/mol. The lowest BCUT2D eigenvalue weighted by Gasteiger charge is -2.18. The molecule has 236 valence electrons. The summed E-state index contributed by atoms with van der Waals surface area (Å²) in [5.41, 5.74) is 10.2. The summed E-state index contributed by atoms with van der Waals surface area (Å²) in [5, 5.41) is 4.89. The minimum absolute atomic E-state index is 0.649. The van der Waals surface area contributed by atoms with E-state index in [1.165, 1.54) is 49.4 Å². The van der Waals surface area contributed by atoms with Gasteiger partial charge in [0.05, 0.1) is 0 Å². The third-order valence-corrected chi connectivity index (χ3v) is 9.58. The fourth-order valence-corrected chi connectivity index (χ4v) is 7.22. The average Bonchev–Trinajstić information content (AvgIpc) is 3.21. The summed E-state index contributed by atoms with van der Waals surface area (Å²) in [5.74, 6) is 1.97. The summed E-state index contributed by atoms with van der Waals surface area (Å²) < 4.78 is 0. The summed E-state index contributed by atoms with van der Waals surface area (Å²) in [6.07, 6.45) is 8.66. The Morgan fingerprint density at radius 2 is 0.780 bits per heavy atom. The number of fused-ring (bicyclic) bond motifs is 2. The molecule has 0 spiro atoms. The lowest BCUT2D eigenvalue weighted by molar-refractivity contribution is 1.05. The van der Waals surface area contributed by atoms with Gasteiger partial charge in [-0.1, -0.05) is 164 Å². The van der Waals surface area contributed by atoms with E-state index in [0.717, 1.165) is 35.1 Å². The van der Waals surface area contributed by atoms with Gasteiger partial charge < -0.3 is 0 Å². The average molecular weight is 640 g/mol. The second-order valence-corrected chi connectivity index (χ2v) is 12.7. The highest BCUT2D eigenvalue weighted by Gasteiger charge is 2.18. The van der Waals surface area contributed by atoms with Crippen molar-refractivity contribution in [2.45, 2.75) is 12.8 Å². The number of rotatable bonds is 6. The smallest absolute Gasteiger partial charge is 0.164 e. The molecular weight excluding hydrogens is 607 g/mol. The van der Waals surface area contributed by atoms with Crippen molar-refractivity contribution in [3.8, 4) is 56.4 Å². The van der Waals surface area contributed by atoms with Crippen molar-refractivity contribution >= 4 is 27.1 Å². The molecule has 0 amide bonds. The summed E-state index contributed by atoms with van der Waals surface area (Å²) in [7, 11) is 0. The third-order valence-electron chi connectivity index (χ3n) is 9.58. The SMILES string of the molecule is C1=CCCC(c2cccc(-c3nc(-c4ccccc4)nc(-c4cccc(-c5c6ccccc6c(-c6ccccc6)c6ccccc56)c4)n3)c2)=C1. The molecule has 0 aliphatic heterocycles. The second kappa shape index (κ2) is 12.9. The maximum Gasteiger partial charge on any atom is 0.164 e. The van der Waals surface area contributed by atoms with Crippen molar-refractivity contribution in [3.05, 3.63) is 182 Å². The van der Waals surface area contributed by atoms with Crippen LogP contribution in [0.25, 0.3) is 83.5 Å². The number of nitrogens with zero attached hydrogens (tertiary/aromatic N) is 3. The minimum atomic E-state index is 0.649. The highest BCUT2D eigenvalue weighted by atomic mass is 15.0. The van der Waals surface area contributed by atoms with E-state index in [4.69, 9.17) is 15.0 Å². The van der Waals surface area contributed by atoms with E-state index in [9.17, 15) is 0 Å². The molecule has 7 aromatic carbocycles. The molecule has 1 aromatic heterocycles. The lowest BCUT2D eigenvalue weighted by Crippen LogP contribution is -2.01. The Hall–Kier alpha value is -6.45. The van der Waals surface area contributed by atoms with E-state index in [1.54, 1.807) is 0 Å². The summed E-state index contributed by atoms with van der Waals surface area (Å²) in [6, 6.07) is 55.7. The number of hydrogen-bond donors (Lipinski definition) is 0. The molecule has 3 nitrogen and oxygen atoms in total. The van der Waals surface area contributed by atoms with Crippen molar-refractivity contribution < 1.29 is 0 Å². The molecule has 8 aromatic rings. The van der Waals surface area contributed by atoms with Crippen molar-refractivity contribution in [2.24, 2.45) is 0 Å². The molecule has 9 rings (SSSR count). The standard InChI is InChI=1S/C47H33N3/c1-4-16-32(17-5-1)35-22-14-24-37(30-35)46-48-45(34-20-8-3-9-21-34)49-47(50-46)38-25-15-23-36(31-38)44-41-28-12-10-26-39(41)43(33-18-6-2-7-19-33)40-27-11-13-29-42(40)44/h1-4,6-16,18-31H,5,17H2. The maximum atomic E-state index is 5.14. The monoisotopic (exact) mass is 639 g/mol.